The molecule has 2 aliphatic rings. The van der Waals surface area contributed by atoms with Crippen LogP contribution >= 0.6 is 0 Å². The minimum atomic E-state index is -3.78. The molecule has 0 saturated carbocycles. The summed E-state index contributed by atoms with van der Waals surface area (Å²) in [6.45, 7) is 8.41. The van der Waals surface area contributed by atoms with Crippen LogP contribution in [-0.2, 0) is 25.8 Å². The third-order valence-electron chi connectivity index (χ3n) is 6.32. The summed E-state index contributed by atoms with van der Waals surface area (Å²) in [5.74, 6) is 0.512. The molecule has 0 radical (unpaired) electrons. The van der Waals surface area contributed by atoms with Crippen LogP contribution in [0.5, 0.6) is 5.75 Å². The second-order valence-corrected chi connectivity index (χ2v) is 11.1. The van der Waals surface area contributed by atoms with E-state index in [-0.39, 0.29) is 17.4 Å². The molecule has 5 nitrogen and oxygen atoms in total. The molecule has 1 aliphatic carbocycles. The molecular weight excluding hydrogens is 422 g/mol. The van der Waals surface area contributed by atoms with Gasteiger partial charge in [0.05, 0.1) is 16.0 Å². The van der Waals surface area contributed by atoms with Gasteiger partial charge in [0.2, 0.25) is 5.91 Å². The van der Waals surface area contributed by atoms with Gasteiger partial charge in [0.1, 0.15) is 17.1 Å². The van der Waals surface area contributed by atoms with Crippen molar-refractivity contribution in [1.29, 1.82) is 0 Å². The van der Waals surface area contributed by atoms with Crippen molar-refractivity contribution in [3.05, 3.63) is 77.9 Å². The van der Waals surface area contributed by atoms with E-state index in [1.54, 1.807) is 59.5 Å². The van der Waals surface area contributed by atoms with Crippen LogP contribution < -0.4 is 9.64 Å². The zero-order valence-corrected chi connectivity index (χ0v) is 19.8. The van der Waals surface area contributed by atoms with Gasteiger partial charge in [0, 0.05) is 6.54 Å². The highest BCUT2D eigenvalue weighted by atomic mass is 32.2. The molecule has 0 unspecified atom stereocenters. The molecule has 2 aromatic carbocycles. The molecule has 0 saturated heterocycles. The molecule has 4 rings (SSSR count). The van der Waals surface area contributed by atoms with E-state index in [0.717, 1.165) is 12.0 Å². The second-order valence-electron chi connectivity index (χ2n) is 8.92. The number of aryl methyl sites for hydroxylation is 1. The van der Waals surface area contributed by atoms with Crippen molar-refractivity contribution in [2.24, 2.45) is 5.41 Å². The summed E-state index contributed by atoms with van der Waals surface area (Å²) in [5, 5.41) is 0. The summed E-state index contributed by atoms with van der Waals surface area (Å²) in [5.41, 5.74) is 1.66. The topological polar surface area (TPSA) is 63.7 Å². The van der Waals surface area contributed by atoms with E-state index in [4.69, 9.17) is 4.74 Å². The Morgan fingerprint density at radius 3 is 2.25 bits per heavy atom. The lowest BCUT2D eigenvalue weighted by molar-refractivity contribution is -0.127. The van der Waals surface area contributed by atoms with Gasteiger partial charge in [0.25, 0.3) is 0 Å². The van der Waals surface area contributed by atoms with Gasteiger partial charge in [-0.3, -0.25) is 4.79 Å². The molecule has 1 aliphatic heterocycles. The number of hydrogen-bond acceptors (Lipinski definition) is 4. The molecule has 0 bridgehead atoms. The van der Waals surface area contributed by atoms with E-state index >= 15 is 0 Å². The summed E-state index contributed by atoms with van der Waals surface area (Å²) in [6.07, 6.45) is 7.78. The van der Waals surface area contributed by atoms with Crippen LogP contribution in [0.4, 0.5) is 5.69 Å². The van der Waals surface area contributed by atoms with Gasteiger partial charge in [-0.2, -0.15) is 0 Å². The number of anilines is 1. The summed E-state index contributed by atoms with van der Waals surface area (Å²) in [7, 11) is -3.78. The summed E-state index contributed by atoms with van der Waals surface area (Å²) in [6, 6.07) is 12.4. The lowest BCUT2D eigenvalue weighted by Crippen LogP contribution is -2.42. The lowest BCUT2D eigenvalue weighted by atomic mass is 9.93. The van der Waals surface area contributed by atoms with Crippen LogP contribution in [0.3, 0.4) is 0 Å². The first-order valence-corrected chi connectivity index (χ1v) is 12.4. The molecule has 0 fully saturated rings. The molecule has 32 heavy (non-hydrogen) atoms. The highest BCUT2D eigenvalue weighted by Crippen LogP contribution is 2.45. The van der Waals surface area contributed by atoms with Gasteiger partial charge in [-0.1, -0.05) is 49.4 Å². The first kappa shape index (κ1) is 22.3. The van der Waals surface area contributed by atoms with Crippen molar-refractivity contribution in [1.82, 2.24) is 0 Å². The third kappa shape index (κ3) is 3.37. The number of benzene rings is 2. The lowest BCUT2D eigenvalue weighted by Gasteiger charge is -2.28. The zero-order valence-electron chi connectivity index (χ0n) is 19.0. The fourth-order valence-electron chi connectivity index (χ4n) is 4.28. The highest BCUT2D eigenvalue weighted by molar-refractivity contribution is 7.92. The standard InChI is InChI=1S/C26H29NO4S/c1-5-19-9-12-21(13-10-19)32(29,30)26(15-7-8-16-26)20-11-14-22-23(17-20)31-18-25(3,4)24(28)27(22)6-2/h7-17H,5-6,18H2,1-4H3. The minimum Gasteiger partial charge on any atom is -0.490 e. The van der Waals surface area contributed by atoms with Gasteiger partial charge in [-0.05, 0) is 62.6 Å². The molecule has 1 amide bonds. The van der Waals surface area contributed by atoms with Crippen LogP contribution in [0.1, 0.15) is 38.8 Å². The quantitative estimate of drug-likeness (QED) is 0.654. The minimum absolute atomic E-state index is 0.00879. The summed E-state index contributed by atoms with van der Waals surface area (Å²) < 4.78 is 32.4. The Labute approximate surface area is 190 Å². The smallest absolute Gasteiger partial charge is 0.236 e. The van der Waals surface area contributed by atoms with Crippen LogP contribution in [0.2, 0.25) is 0 Å². The van der Waals surface area contributed by atoms with Gasteiger partial charge in [-0.25, -0.2) is 8.42 Å². The fourth-order valence-corrected chi connectivity index (χ4v) is 6.12. The summed E-state index contributed by atoms with van der Waals surface area (Å²) >= 11 is 0. The number of ether oxygens (including phenoxy) is 1. The Hall–Kier alpha value is -2.86. The molecule has 6 heteroatoms. The molecule has 0 N–H and O–H groups in total. The van der Waals surface area contributed by atoms with E-state index < -0.39 is 20.0 Å². The zero-order chi connectivity index (χ0) is 23.1. The van der Waals surface area contributed by atoms with E-state index in [1.165, 1.54) is 0 Å². The number of carbonyl (C=O) groups excluding carboxylic acids is 1. The van der Waals surface area contributed by atoms with Gasteiger partial charge in [0.15, 0.2) is 9.84 Å². The average Bonchev–Trinajstić information content (AvgIpc) is 3.27. The number of fused-ring (bicyclic) bond motifs is 1. The van der Waals surface area contributed by atoms with Crippen LogP contribution in [-0.4, -0.2) is 27.5 Å². The Bertz CT molecular complexity index is 1190. The molecule has 1 heterocycles. The molecule has 168 valence electrons. The molecule has 2 aromatic rings. The predicted molar refractivity (Wildman–Crippen MR) is 127 cm³/mol. The Morgan fingerprint density at radius 2 is 1.66 bits per heavy atom. The largest absolute Gasteiger partial charge is 0.490 e. The van der Waals surface area contributed by atoms with E-state index in [2.05, 4.69) is 0 Å². The third-order valence-corrected chi connectivity index (χ3v) is 8.61. The van der Waals surface area contributed by atoms with E-state index in [1.807, 2.05) is 39.8 Å². The van der Waals surface area contributed by atoms with Gasteiger partial charge in [-0.15, -0.1) is 0 Å². The monoisotopic (exact) mass is 451 g/mol. The second kappa shape index (κ2) is 7.93. The average molecular weight is 452 g/mol. The fraction of sp³-hybridized carbons (Fsp3) is 0.346. The van der Waals surface area contributed by atoms with Crippen LogP contribution in [0.15, 0.2) is 71.7 Å². The Morgan fingerprint density at radius 1 is 1.00 bits per heavy atom. The Balaban J connectivity index is 1.84. The number of carbonyl (C=O) groups is 1. The number of amides is 1. The number of hydrogen-bond donors (Lipinski definition) is 0. The number of nitrogens with zero attached hydrogens (tertiary/aromatic N) is 1. The first-order valence-electron chi connectivity index (χ1n) is 11.0. The maximum Gasteiger partial charge on any atom is 0.236 e. The Kier molecular flexibility index (Phi) is 5.53. The molecular formula is C26H29NO4S. The van der Waals surface area contributed by atoms with Crippen LogP contribution in [0, 0.1) is 5.41 Å². The van der Waals surface area contributed by atoms with Crippen molar-refractivity contribution in [3.8, 4) is 5.75 Å². The number of sulfone groups is 1. The highest BCUT2D eigenvalue weighted by Gasteiger charge is 2.45. The summed E-state index contributed by atoms with van der Waals surface area (Å²) in [4.78, 5) is 15.0. The van der Waals surface area contributed by atoms with Crippen molar-refractivity contribution >= 4 is 21.4 Å². The van der Waals surface area contributed by atoms with E-state index in [9.17, 15) is 13.2 Å². The van der Waals surface area contributed by atoms with E-state index in [0.29, 0.717) is 23.5 Å². The van der Waals surface area contributed by atoms with Crippen LogP contribution in [0.25, 0.3) is 0 Å². The molecule has 0 aromatic heterocycles. The van der Waals surface area contributed by atoms with Crippen molar-refractivity contribution in [2.75, 3.05) is 18.1 Å². The van der Waals surface area contributed by atoms with Gasteiger partial charge < -0.3 is 9.64 Å². The van der Waals surface area contributed by atoms with Crippen molar-refractivity contribution in [3.63, 3.8) is 0 Å². The van der Waals surface area contributed by atoms with Crippen molar-refractivity contribution < 1.29 is 17.9 Å². The van der Waals surface area contributed by atoms with Gasteiger partial charge >= 0.3 is 0 Å². The molecule has 0 atom stereocenters. The molecule has 0 spiro atoms. The number of rotatable bonds is 5. The number of allylic oxidation sites excluding steroid dienone is 2. The maximum atomic E-state index is 13.9. The first-order chi connectivity index (χ1) is 15.2. The van der Waals surface area contributed by atoms with Crippen molar-refractivity contribution in [2.45, 2.75) is 43.8 Å². The maximum absolute atomic E-state index is 13.9. The predicted octanol–water partition coefficient (Wildman–Crippen LogP) is 4.82. The normalized spacial score (nSPS) is 18.9. The SMILES string of the molecule is CCc1ccc(S(=O)(=O)C2(c3ccc4c(c3)OCC(C)(C)C(=O)N4CC)C=CC=C2)cc1.